The Kier molecular flexibility index (Phi) is 7.52. The Labute approximate surface area is 147 Å². The summed E-state index contributed by atoms with van der Waals surface area (Å²) in [4.78, 5) is 31.0. The second kappa shape index (κ2) is 9.64. The number of pyridine rings is 1. The molecule has 2 amide bonds. The van der Waals surface area contributed by atoms with Crippen LogP contribution in [0.4, 0.5) is 0 Å². The summed E-state index contributed by atoms with van der Waals surface area (Å²) in [6, 6.07) is 3.49. The third kappa shape index (κ3) is 5.21. The third-order valence-corrected chi connectivity index (χ3v) is 5.09. The lowest BCUT2D eigenvalue weighted by molar-refractivity contribution is -0.129. The standard InChI is InChI=1S/C17H26N4O2S/c1-13(17(23)21-11-4-5-12-21)24-16-14(7-6-10-20-16)15(22)19-9-3-2-8-18/h6-7,10,13H,2-5,8-9,11-12,18H2,1H3,(H,19,22). The maximum absolute atomic E-state index is 12.4. The molecule has 0 radical (unpaired) electrons. The van der Waals surface area contributed by atoms with Gasteiger partial charge in [0, 0.05) is 25.8 Å². The summed E-state index contributed by atoms with van der Waals surface area (Å²) < 4.78 is 0. The first-order chi connectivity index (χ1) is 11.6. The number of nitrogens with two attached hydrogens (primary N) is 1. The van der Waals surface area contributed by atoms with E-state index in [1.807, 2.05) is 11.8 Å². The molecule has 1 fully saturated rings. The van der Waals surface area contributed by atoms with E-state index < -0.39 is 0 Å². The first kappa shape index (κ1) is 18.7. The van der Waals surface area contributed by atoms with Gasteiger partial charge in [-0.1, -0.05) is 11.8 Å². The Morgan fingerprint density at radius 2 is 2.12 bits per heavy atom. The highest BCUT2D eigenvalue weighted by Gasteiger charge is 2.25. The average molecular weight is 350 g/mol. The fraction of sp³-hybridized carbons (Fsp3) is 0.588. The molecule has 1 unspecified atom stereocenters. The second-order valence-electron chi connectivity index (χ2n) is 5.90. The van der Waals surface area contributed by atoms with E-state index in [0.717, 1.165) is 38.8 Å². The number of nitrogens with one attached hydrogen (secondary N) is 1. The molecule has 6 nitrogen and oxygen atoms in total. The predicted molar refractivity (Wildman–Crippen MR) is 96.0 cm³/mol. The Bertz CT molecular complexity index is 561. The van der Waals surface area contributed by atoms with E-state index in [1.165, 1.54) is 11.8 Å². The Morgan fingerprint density at radius 3 is 2.83 bits per heavy atom. The monoisotopic (exact) mass is 350 g/mol. The van der Waals surface area contributed by atoms with Crippen molar-refractivity contribution >= 4 is 23.6 Å². The van der Waals surface area contributed by atoms with Crippen molar-refractivity contribution in [1.29, 1.82) is 0 Å². The van der Waals surface area contributed by atoms with Crippen molar-refractivity contribution in [2.75, 3.05) is 26.2 Å². The number of nitrogens with zero attached hydrogens (tertiary/aromatic N) is 2. The lowest BCUT2D eigenvalue weighted by atomic mass is 10.2. The van der Waals surface area contributed by atoms with Crippen LogP contribution in [-0.2, 0) is 4.79 Å². The molecule has 3 N–H and O–H groups in total. The lowest BCUT2D eigenvalue weighted by Gasteiger charge is -2.20. The molecule has 1 saturated heterocycles. The molecule has 1 aromatic heterocycles. The van der Waals surface area contributed by atoms with E-state index >= 15 is 0 Å². The summed E-state index contributed by atoms with van der Waals surface area (Å²) in [5, 5.41) is 3.25. The molecule has 132 valence electrons. The maximum Gasteiger partial charge on any atom is 0.254 e. The van der Waals surface area contributed by atoms with E-state index in [4.69, 9.17) is 5.73 Å². The molecule has 1 aromatic rings. The van der Waals surface area contributed by atoms with Crippen molar-refractivity contribution in [2.45, 2.75) is 42.9 Å². The Morgan fingerprint density at radius 1 is 1.38 bits per heavy atom. The van der Waals surface area contributed by atoms with Crippen molar-refractivity contribution in [2.24, 2.45) is 5.73 Å². The zero-order chi connectivity index (χ0) is 17.4. The number of rotatable bonds is 8. The topological polar surface area (TPSA) is 88.3 Å². The van der Waals surface area contributed by atoms with Crippen LogP contribution >= 0.6 is 11.8 Å². The van der Waals surface area contributed by atoms with Gasteiger partial charge in [-0.3, -0.25) is 9.59 Å². The Hall–Kier alpha value is -1.60. The van der Waals surface area contributed by atoms with Crippen LogP contribution in [0.1, 0.15) is 43.0 Å². The molecular formula is C17H26N4O2S. The highest BCUT2D eigenvalue weighted by Crippen LogP contribution is 2.26. The van der Waals surface area contributed by atoms with Crippen molar-refractivity contribution in [1.82, 2.24) is 15.2 Å². The largest absolute Gasteiger partial charge is 0.352 e. The van der Waals surface area contributed by atoms with Crippen LogP contribution in [0, 0.1) is 0 Å². The van der Waals surface area contributed by atoms with E-state index in [0.29, 0.717) is 23.7 Å². The summed E-state index contributed by atoms with van der Waals surface area (Å²) >= 11 is 1.35. The molecule has 2 rings (SSSR count). The molecule has 24 heavy (non-hydrogen) atoms. The van der Waals surface area contributed by atoms with Gasteiger partial charge in [-0.05, 0) is 51.3 Å². The van der Waals surface area contributed by atoms with E-state index in [-0.39, 0.29) is 17.1 Å². The molecule has 0 bridgehead atoms. The number of carbonyl (C=O) groups excluding carboxylic acids is 2. The number of hydrogen-bond donors (Lipinski definition) is 2. The minimum absolute atomic E-state index is 0.123. The van der Waals surface area contributed by atoms with Crippen LogP contribution < -0.4 is 11.1 Å². The highest BCUT2D eigenvalue weighted by molar-refractivity contribution is 8.00. The highest BCUT2D eigenvalue weighted by atomic mass is 32.2. The molecule has 1 aliphatic heterocycles. The molecule has 0 saturated carbocycles. The molecule has 0 spiro atoms. The van der Waals surface area contributed by atoms with Crippen LogP contribution in [0.5, 0.6) is 0 Å². The van der Waals surface area contributed by atoms with E-state index in [2.05, 4.69) is 10.3 Å². The third-order valence-electron chi connectivity index (χ3n) is 3.99. The smallest absolute Gasteiger partial charge is 0.254 e. The zero-order valence-electron chi connectivity index (χ0n) is 14.2. The molecular weight excluding hydrogens is 324 g/mol. The normalized spacial score (nSPS) is 15.3. The second-order valence-corrected chi connectivity index (χ2v) is 7.23. The van der Waals surface area contributed by atoms with Crippen LogP contribution in [-0.4, -0.2) is 53.1 Å². The predicted octanol–water partition coefficient (Wildman–Crippen LogP) is 1.65. The van der Waals surface area contributed by atoms with Gasteiger partial charge in [0.25, 0.3) is 5.91 Å². The first-order valence-electron chi connectivity index (χ1n) is 8.52. The number of carbonyl (C=O) groups is 2. The summed E-state index contributed by atoms with van der Waals surface area (Å²) in [6.45, 7) is 4.76. The van der Waals surface area contributed by atoms with E-state index in [1.54, 1.807) is 18.3 Å². The number of hydrogen-bond acceptors (Lipinski definition) is 5. The van der Waals surface area contributed by atoms with Crippen molar-refractivity contribution in [3.05, 3.63) is 23.9 Å². The van der Waals surface area contributed by atoms with Gasteiger partial charge in [-0.2, -0.15) is 0 Å². The SMILES string of the molecule is CC(Sc1ncccc1C(=O)NCCCCN)C(=O)N1CCCC1. The van der Waals surface area contributed by atoms with Gasteiger partial charge in [0.1, 0.15) is 5.03 Å². The van der Waals surface area contributed by atoms with Gasteiger partial charge in [0.2, 0.25) is 5.91 Å². The van der Waals surface area contributed by atoms with Crippen LogP contribution in [0.3, 0.4) is 0 Å². The van der Waals surface area contributed by atoms with Crippen molar-refractivity contribution in [3.8, 4) is 0 Å². The lowest BCUT2D eigenvalue weighted by Crippen LogP contribution is -2.34. The first-order valence-corrected chi connectivity index (χ1v) is 9.40. The molecule has 7 heteroatoms. The van der Waals surface area contributed by atoms with Crippen molar-refractivity contribution in [3.63, 3.8) is 0 Å². The van der Waals surface area contributed by atoms with E-state index in [9.17, 15) is 9.59 Å². The fourth-order valence-corrected chi connectivity index (χ4v) is 3.63. The summed E-state index contributed by atoms with van der Waals surface area (Å²) in [5.74, 6) is -0.0269. The van der Waals surface area contributed by atoms with Gasteiger partial charge in [-0.25, -0.2) is 4.98 Å². The van der Waals surface area contributed by atoms with Gasteiger partial charge in [-0.15, -0.1) is 0 Å². The van der Waals surface area contributed by atoms with Gasteiger partial charge in [0.05, 0.1) is 10.8 Å². The van der Waals surface area contributed by atoms with Crippen LogP contribution in [0.2, 0.25) is 0 Å². The summed E-state index contributed by atoms with van der Waals surface area (Å²) in [5.41, 5.74) is 5.98. The number of likely N-dealkylation sites (tertiary alicyclic amines) is 1. The van der Waals surface area contributed by atoms with Gasteiger partial charge < -0.3 is 16.0 Å². The van der Waals surface area contributed by atoms with Crippen LogP contribution in [0.25, 0.3) is 0 Å². The summed E-state index contributed by atoms with van der Waals surface area (Å²) in [6.07, 6.45) is 5.54. The minimum Gasteiger partial charge on any atom is -0.352 e. The molecule has 2 heterocycles. The number of aromatic nitrogens is 1. The summed E-state index contributed by atoms with van der Waals surface area (Å²) in [7, 11) is 0. The van der Waals surface area contributed by atoms with Crippen LogP contribution in [0.15, 0.2) is 23.4 Å². The Balaban J connectivity index is 1.97. The average Bonchev–Trinajstić information content (AvgIpc) is 3.13. The quantitative estimate of drug-likeness (QED) is 0.550. The fourth-order valence-electron chi connectivity index (χ4n) is 2.64. The molecule has 0 aromatic carbocycles. The number of unbranched alkanes of at least 4 members (excludes halogenated alkanes) is 1. The molecule has 0 aliphatic carbocycles. The van der Waals surface area contributed by atoms with Crippen molar-refractivity contribution < 1.29 is 9.59 Å². The minimum atomic E-state index is -0.248. The van der Waals surface area contributed by atoms with Gasteiger partial charge in [0.15, 0.2) is 0 Å². The molecule has 1 atom stereocenters. The maximum atomic E-state index is 12.4. The zero-order valence-corrected chi connectivity index (χ0v) is 15.0. The molecule has 1 aliphatic rings. The number of thioether (sulfide) groups is 1. The van der Waals surface area contributed by atoms with Gasteiger partial charge >= 0.3 is 0 Å². The number of amides is 2.